The number of anilines is 1. The zero-order valence-corrected chi connectivity index (χ0v) is 22.8. The molecule has 0 saturated heterocycles. The van der Waals surface area contributed by atoms with E-state index in [-0.39, 0.29) is 17.2 Å². The largest absolute Gasteiger partial charge is 0.382 e. The van der Waals surface area contributed by atoms with Crippen LogP contribution in [0.3, 0.4) is 0 Å². The number of benzene rings is 1. The number of nitrogens with zero attached hydrogens (tertiary/aromatic N) is 7. The van der Waals surface area contributed by atoms with Crippen LogP contribution in [0.15, 0.2) is 30.6 Å². The molecule has 4 aromatic rings. The third-order valence-corrected chi connectivity index (χ3v) is 7.36. The lowest BCUT2D eigenvalue weighted by Crippen LogP contribution is -2.22. The first kappa shape index (κ1) is 26.3. The molecule has 0 bridgehead atoms. The van der Waals surface area contributed by atoms with Gasteiger partial charge >= 0.3 is 0 Å². The molecule has 2 unspecified atom stereocenters. The van der Waals surface area contributed by atoms with Gasteiger partial charge in [-0.1, -0.05) is 37.1 Å². The number of aromatic nitrogens is 7. The predicted octanol–water partition coefficient (Wildman–Crippen LogP) is 4.67. The van der Waals surface area contributed by atoms with Gasteiger partial charge in [-0.2, -0.15) is 5.10 Å². The van der Waals surface area contributed by atoms with Crippen LogP contribution in [-0.4, -0.2) is 67.2 Å². The molecule has 0 aliphatic rings. The van der Waals surface area contributed by atoms with Gasteiger partial charge in [-0.05, 0) is 31.0 Å². The Morgan fingerprint density at radius 1 is 1.08 bits per heavy atom. The summed E-state index contributed by atoms with van der Waals surface area (Å²) in [6.45, 7) is 7.11. The van der Waals surface area contributed by atoms with Gasteiger partial charge in [0.15, 0.2) is 5.82 Å². The Bertz CT molecular complexity index is 1300. The van der Waals surface area contributed by atoms with Crippen molar-refractivity contribution >= 4 is 40.4 Å². The second kappa shape index (κ2) is 11.5. The van der Waals surface area contributed by atoms with Crippen LogP contribution < -0.4 is 4.72 Å². The molecule has 0 aliphatic carbocycles. The van der Waals surface area contributed by atoms with Crippen LogP contribution in [0.25, 0.3) is 22.4 Å². The van der Waals surface area contributed by atoms with E-state index in [0.717, 1.165) is 28.0 Å². The van der Waals surface area contributed by atoms with Crippen LogP contribution in [0, 0.1) is 6.92 Å². The van der Waals surface area contributed by atoms with Crippen molar-refractivity contribution in [2.24, 2.45) is 7.05 Å². The van der Waals surface area contributed by atoms with Gasteiger partial charge in [-0.25, -0.2) is 9.97 Å². The number of fused-ring (bicyclic) bond motifs is 1. The Kier molecular flexibility index (Phi) is 8.45. The highest BCUT2D eigenvalue weighted by molar-refractivity contribution is 8.01. The van der Waals surface area contributed by atoms with Crippen LogP contribution in [-0.2, 0) is 16.5 Å². The van der Waals surface area contributed by atoms with Crippen LogP contribution in [0.4, 0.5) is 5.95 Å². The molecule has 0 spiro atoms. The normalized spacial score (nSPS) is 13.4. The standard InChI is InChI=1S/C24H31ClN8O2S/c1-14-7-8-20-19(9-14)21(30-32(20)4)23-28-29-24(33(23)18(12-34-5)13-35-6)31-36-16(3)15(2)22-26-10-17(25)11-27-22/h7-11,15-16,18H,12-13H2,1-6H3,(H,29,31). The number of methoxy groups -OCH3 is 2. The van der Waals surface area contributed by atoms with Crippen molar-refractivity contribution in [3.05, 3.63) is 47.0 Å². The maximum absolute atomic E-state index is 5.95. The van der Waals surface area contributed by atoms with Gasteiger partial charge < -0.3 is 9.47 Å². The molecule has 0 saturated carbocycles. The quantitative estimate of drug-likeness (QED) is 0.277. The number of hydrogen-bond donors (Lipinski definition) is 1. The highest BCUT2D eigenvalue weighted by Gasteiger charge is 2.27. The Morgan fingerprint density at radius 2 is 1.78 bits per heavy atom. The third-order valence-electron chi connectivity index (χ3n) is 6.08. The van der Waals surface area contributed by atoms with Gasteiger partial charge in [-0.3, -0.25) is 14.0 Å². The first-order valence-electron chi connectivity index (χ1n) is 11.6. The minimum atomic E-state index is -0.165. The molecular formula is C24H31ClN8O2S. The molecule has 0 radical (unpaired) electrons. The molecule has 36 heavy (non-hydrogen) atoms. The van der Waals surface area contributed by atoms with E-state index in [1.54, 1.807) is 26.6 Å². The lowest BCUT2D eigenvalue weighted by Gasteiger charge is -2.22. The zero-order chi connectivity index (χ0) is 25.8. The van der Waals surface area contributed by atoms with Crippen molar-refractivity contribution < 1.29 is 9.47 Å². The summed E-state index contributed by atoms with van der Waals surface area (Å²) in [5.74, 6) is 2.05. The molecule has 1 aromatic carbocycles. The summed E-state index contributed by atoms with van der Waals surface area (Å²) in [5.41, 5.74) is 2.93. The fourth-order valence-corrected chi connectivity index (χ4v) is 4.86. The highest BCUT2D eigenvalue weighted by Crippen LogP contribution is 2.33. The lowest BCUT2D eigenvalue weighted by atomic mass is 10.1. The Labute approximate surface area is 219 Å². The van der Waals surface area contributed by atoms with Crippen molar-refractivity contribution in [2.45, 2.75) is 38.0 Å². The molecule has 12 heteroatoms. The van der Waals surface area contributed by atoms with Crippen molar-refractivity contribution in [2.75, 3.05) is 32.2 Å². The monoisotopic (exact) mass is 530 g/mol. The summed E-state index contributed by atoms with van der Waals surface area (Å²) in [7, 11) is 5.27. The number of rotatable bonds is 11. The van der Waals surface area contributed by atoms with Crippen LogP contribution in [0.1, 0.15) is 37.2 Å². The average molecular weight is 531 g/mol. The molecule has 4 rings (SSSR count). The summed E-state index contributed by atoms with van der Waals surface area (Å²) in [6.07, 6.45) is 3.24. The minimum absolute atomic E-state index is 0.0760. The Morgan fingerprint density at radius 3 is 2.44 bits per heavy atom. The van der Waals surface area contributed by atoms with E-state index < -0.39 is 0 Å². The van der Waals surface area contributed by atoms with Gasteiger partial charge in [0.1, 0.15) is 11.5 Å². The summed E-state index contributed by atoms with van der Waals surface area (Å²) < 4.78 is 18.3. The first-order chi connectivity index (χ1) is 17.3. The van der Waals surface area contributed by atoms with Crippen molar-refractivity contribution in [3.63, 3.8) is 0 Å². The second-order valence-electron chi connectivity index (χ2n) is 8.75. The lowest BCUT2D eigenvalue weighted by molar-refractivity contribution is 0.0909. The summed E-state index contributed by atoms with van der Waals surface area (Å²) in [4.78, 5) is 8.74. The van der Waals surface area contributed by atoms with Gasteiger partial charge in [0, 0.05) is 50.2 Å². The molecule has 1 N–H and O–H groups in total. The van der Waals surface area contributed by atoms with Crippen LogP contribution in [0.2, 0.25) is 5.02 Å². The number of halogens is 1. The van der Waals surface area contributed by atoms with E-state index in [9.17, 15) is 0 Å². The Balaban J connectivity index is 1.68. The third kappa shape index (κ3) is 5.49. The van der Waals surface area contributed by atoms with E-state index in [1.165, 1.54) is 11.9 Å². The number of nitrogens with one attached hydrogen (secondary N) is 1. The fourth-order valence-electron chi connectivity index (χ4n) is 4.01. The van der Waals surface area contributed by atoms with Crippen molar-refractivity contribution in [3.8, 4) is 11.5 Å². The number of hydrogen-bond acceptors (Lipinski definition) is 9. The fraction of sp³-hybridized carbons (Fsp3) is 0.458. The van der Waals surface area contributed by atoms with E-state index >= 15 is 0 Å². The van der Waals surface area contributed by atoms with E-state index in [4.69, 9.17) is 26.2 Å². The molecular weight excluding hydrogens is 500 g/mol. The molecule has 10 nitrogen and oxygen atoms in total. The van der Waals surface area contributed by atoms with Crippen molar-refractivity contribution in [1.29, 1.82) is 0 Å². The van der Waals surface area contributed by atoms with Gasteiger partial charge in [0.25, 0.3) is 0 Å². The molecule has 0 fully saturated rings. The van der Waals surface area contributed by atoms with Gasteiger partial charge in [0.05, 0.1) is 29.8 Å². The first-order valence-corrected chi connectivity index (χ1v) is 12.8. The SMILES string of the molecule is COCC(COC)n1c(NSC(C)C(C)c2ncc(Cl)cn2)nnc1-c1nn(C)c2ccc(C)cc12. The molecule has 3 aromatic heterocycles. The summed E-state index contributed by atoms with van der Waals surface area (Å²) in [6, 6.07) is 6.10. The molecule has 0 amide bonds. The van der Waals surface area contributed by atoms with E-state index in [1.807, 2.05) is 16.3 Å². The number of aryl methyl sites for hydroxylation is 2. The Hall–Kier alpha value is -2.73. The van der Waals surface area contributed by atoms with Crippen molar-refractivity contribution in [1.82, 2.24) is 34.5 Å². The maximum Gasteiger partial charge on any atom is 0.235 e. The highest BCUT2D eigenvalue weighted by atomic mass is 35.5. The van der Waals surface area contributed by atoms with Crippen LogP contribution in [0.5, 0.6) is 0 Å². The van der Waals surface area contributed by atoms with Gasteiger partial charge in [-0.15, -0.1) is 10.2 Å². The predicted molar refractivity (Wildman–Crippen MR) is 143 cm³/mol. The number of ether oxygens (including phenoxy) is 2. The zero-order valence-electron chi connectivity index (χ0n) is 21.3. The topological polar surface area (TPSA) is 105 Å². The van der Waals surface area contributed by atoms with E-state index in [0.29, 0.717) is 30.0 Å². The minimum Gasteiger partial charge on any atom is -0.382 e. The molecule has 192 valence electrons. The maximum atomic E-state index is 5.95. The van der Waals surface area contributed by atoms with E-state index in [2.05, 4.69) is 63.9 Å². The molecule has 2 atom stereocenters. The second-order valence-corrected chi connectivity index (χ2v) is 10.4. The molecule has 0 aliphatic heterocycles. The summed E-state index contributed by atoms with van der Waals surface area (Å²) in [5, 5.41) is 15.5. The summed E-state index contributed by atoms with van der Waals surface area (Å²) >= 11 is 7.48. The van der Waals surface area contributed by atoms with Gasteiger partial charge in [0.2, 0.25) is 5.95 Å². The van der Waals surface area contributed by atoms with Crippen LogP contribution >= 0.6 is 23.5 Å². The average Bonchev–Trinajstić information content (AvgIpc) is 3.42. The smallest absolute Gasteiger partial charge is 0.235 e. The molecule has 3 heterocycles.